The molecular weight excluding hydrogens is 397 g/mol. The molecule has 146 valence electrons. The third-order valence-electron chi connectivity index (χ3n) is 4.54. The van der Waals surface area contributed by atoms with Crippen LogP contribution in [0.25, 0.3) is 28.1 Å². The maximum Gasteiger partial charge on any atom is 0.163 e. The highest BCUT2D eigenvalue weighted by molar-refractivity contribution is 6.31. The minimum absolute atomic E-state index is 0.0449. The first-order valence-corrected chi connectivity index (χ1v) is 8.95. The lowest BCUT2D eigenvalue weighted by Crippen LogP contribution is -2.02. The molecule has 0 N–H and O–H groups in total. The Kier molecular flexibility index (Phi) is 4.90. The summed E-state index contributed by atoms with van der Waals surface area (Å²) in [5.74, 6) is 0.909. The fourth-order valence-corrected chi connectivity index (χ4v) is 3.28. The Morgan fingerprint density at radius 2 is 1.86 bits per heavy atom. The van der Waals surface area contributed by atoms with Gasteiger partial charge >= 0.3 is 0 Å². The summed E-state index contributed by atoms with van der Waals surface area (Å²) in [4.78, 5) is 20.4. The largest absolute Gasteiger partial charge is 0.493 e. The van der Waals surface area contributed by atoms with E-state index in [0.717, 1.165) is 0 Å². The van der Waals surface area contributed by atoms with E-state index in [9.17, 15) is 9.18 Å². The van der Waals surface area contributed by atoms with Crippen molar-refractivity contribution in [3.05, 3.63) is 65.2 Å². The number of rotatable bonds is 5. The average molecular weight is 412 g/mol. The van der Waals surface area contributed by atoms with Gasteiger partial charge in [0.1, 0.15) is 12.1 Å². The second kappa shape index (κ2) is 7.52. The Labute approximate surface area is 170 Å². The predicted molar refractivity (Wildman–Crippen MR) is 108 cm³/mol. The van der Waals surface area contributed by atoms with Crippen molar-refractivity contribution in [3.8, 4) is 28.6 Å². The van der Waals surface area contributed by atoms with Crippen molar-refractivity contribution < 1.29 is 18.7 Å². The first kappa shape index (κ1) is 18.9. The van der Waals surface area contributed by atoms with E-state index in [1.807, 2.05) is 0 Å². The molecule has 0 spiro atoms. The van der Waals surface area contributed by atoms with Crippen LogP contribution < -0.4 is 9.47 Å². The molecule has 0 atom stereocenters. The highest BCUT2D eigenvalue weighted by atomic mass is 35.5. The fourth-order valence-electron chi connectivity index (χ4n) is 3.11. The van der Waals surface area contributed by atoms with E-state index in [1.165, 1.54) is 12.1 Å². The number of carbonyl (C=O) groups excluding carboxylic acids is 1. The molecule has 0 aliphatic rings. The molecule has 0 radical (unpaired) electrons. The molecule has 2 heterocycles. The van der Waals surface area contributed by atoms with Crippen LogP contribution in [-0.4, -0.2) is 35.0 Å². The Balaban J connectivity index is 1.93. The molecule has 8 heteroatoms. The number of imidazole rings is 1. The number of ether oxygens (including phenoxy) is 2. The van der Waals surface area contributed by atoms with Gasteiger partial charge in [0.15, 0.2) is 23.6 Å². The number of benzene rings is 2. The molecule has 4 aromatic rings. The molecule has 2 aromatic carbocycles. The Bertz CT molecular complexity index is 1240. The molecule has 29 heavy (non-hydrogen) atoms. The zero-order chi connectivity index (χ0) is 20.5. The number of methoxy groups -OCH3 is 2. The third-order valence-corrected chi connectivity index (χ3v) is 4.84. The van der Waals surface area contributed by atoms with Gasteiger partial charge in [0.2, 0.25) is 0 Å². The summed E-state index contributed by atoms with van der Waals surface area (Å²) in [5, 5.41) is -0.0449. The Morgan fingerprint density at radius 3 is 2.59 bits per heavy atom. The van der Waals surface area contributed by atoms with Gasteiger partial charge in [-0.25, -0.2) is 14.4 Å². The van der Waals surface area contributed by atoms with Crippen LogP contribution >= 0.6 is 11.6 Å². The molecule has 0 amide bonds. The van der Waals surface area contributed by atoms with E-state index in [1.54, 1.807) is 55.4 Å². The van der Waals surface area contributed by atoms with Gasteiger partial charge < -0.3 is 9.47 Å². The number of pyridine rings is 1. The van der Waals surface area contributed by atoms with Crippen LogP contribution in [0.5, 0.6) is 11.5 Å². The van der Waals surface area contributed by atoms with E-state index in [2.05, 4.69) is 9.97 Å². The number of aldehydes is 1. The number of hydrogen-bond acceptors (Lipinski definition) is 5. The second-order valence-electron chi connectivity index (χ2n) is 6.14. The highest BCUT2D eigenvalue weighted by Crippen LogP contribution is 2.33. The minimum atomic E-state index is -0.635. The number of nitrogens with zero attached hydrogens (tertiary/aromatic N) is 3. The van der Waals surface area contributed by atoms with Crippen molar-refractivity contribution in [2.75, 3.05) is 14.2 Å². The van der Waals surface area contributed by atoms with Crippen molar-refractivity contribution in [1.29, 1.82) is 0 Å². The standard InChI is InChI=1S/C21H15ClFN3O3/c1-28-17-8-15-16(9-18(17)29-2)26(11-24-15)19-7-6-12(10-27)21(25-19)13-4-3-5-14(22)20(13)23/h3-11H,1-2H3. The summed E-state index contributed by atoms with van der Waals surface area (Å²) < 4.78 is 27.0. The quantitative estimate of drug-likeness (QED) is 0.445. The summed E-state index contributed by atoms with van der Waals surface area (Å²) in [6.45, 7) is 0. The van der Waals surface area contributed by atoms with Gasteiger partial charge in [0.25, 0.3) is 0 Å². The number of hydrogen-bond donors (Lipinski definition) is 0. The average Bonchev–Trinajstić information content (AvgIpc) is 3.17. The fraction of sp³-hybridized carbons (Fsp3) is 0.0952. The zero-order valence-electron chi connectivity index (χ0n) is 15.5. The van der Waals surface area contributed by atoms with E-state index in [-0.39, 0.29) is 21.8 Å². The molecule has 0 aliphatic carbocycles. The molecule has 0 fully saturated rings. The molecule has 0 saturated heterocycles. The van der Waals surface area contributed by atoms with Gasteiger partial charge in [-0.1, -0.05) is 17.7 Å². The van der Waals surface area contributed by atoms with Crippen LogP contribution in [0.4, 0.5) is 4.39 Å². The van der Waals surface area contributed by atoms with Crippen LogP contribution in [-0.2, 0) is 0 Å². The maximum absolute atomic E-state index is 14.6. The van der Waals surface area contributed by atoms with Crippen molar-refractivity contribution in [2.45, 2.75) is 0 Å². The zero-order valence-corrected chi connectivity index (χ0v) is 16.3. The van der Waals surface area contributed by atoms with Gasteiger partial charge in [0, 0.05) is 23.3 Å². The molecular formula is C21H15ClFN3O3. The SMILES string of the molecule is COc1cc2ncn(-c3ccc(C=O)c(-c4cccc(Cl)c4F)n3)c2cc1OC. The molecule has 0 saturated carbocycles. The van der Waals surface area contributed by atoms with E-state index in [4.69, 9.17) is 21.1 Å². The van der Waals surface area contributed by atoms with Crippen LogP contribution in [0.2, 0.25) is 5.02 Å². The van der Waals surface area contributed by atoms with E-state index < -0.39 is 5.82 Å². The molecule has 6 nitrogen and oxygen atoms in total. The number of fused-ring (bicyclic) bond motifs is 1. The maximum atomic E-state index is 14.6. The summed E-state index contributed by atoms with van der Waals surface area (Å²) in [6.07, 6.45) is 2.22. The predicted octanol–water partition coefficient (Wildman–Crippen LogP) is 4.71. The smallest absolute Gasteiger partial charge is 0.163 e. The van der Waals surface area contributed by atoms with Crippen LogP contribution in [0.3, 0.4) is 0 Å². The summed E-state index contributed by atoms with van der Waals surface area (Å²) in [7, 11) is 3.09. The van der Waals surface area contributed by atoms with E-state index >= 15 is 0 Å². The van der Waals surface area contributed by atoms with Crippen LogP contribution in [0.1, 0.15) is 10.4 Å². The monoisotopic (exact) mass is 411 g/mol. The van der Waals surface area contributed by atoms with Gasteiger partial charge in [-0.05, 0) is 24.3 Å². The first-order valence-electron chi connectivity index (χ1n) is 8.57. The lowest BCUT2D eigenvalue weighted by molar-refractivity contribution is 0.112. The number of halogens is 2. The summed E-state index contributed by atoms with van der Waals surface area (Å²) >= 11 is 5.91. The van der Waals surface area contributed by atoms with Crippen LogP contribution in [0, 0.1) is 5.82 Å². The highest BCUT2D eigenvalue weighted by Gasteiger charge is 2.17. The number of carbonyl (C=O) groups is 1. The van der Waals surface area contributed by atoms with Crippen molar-refractivity contribution in [3.63, 3.8) is 0 Å². The van der Waals surface area contributed by atoms with Gasteiger partial charge in [-0.3, -0.25) is 9.36 Å². The summed E-state index contributed by atoms with van der Waals surface area (Å²) in [5.41, 5.74) is 1.97. The third kappa shape index (κ3) is 3.19. The lowest BCUT2D eigenvalue weighted by atomic mass is 10.1. The van der Waals surface area contributed by atoms with Crippen molar-refractivity contribution >= 4 is 28.9 Å². The molecule has 4 rings (SSSR count). The van der Waals surface area contributed by atoms with Crippen LogP contribution in [0.15, 0.2) is 48.8 Å². The first-order chi connectivity index (χ1) is 14.1. The minimum Gasteiger partial charge on any atom is -0.493 e. The number of aromatic nitrogens is 3. The summed E-state index contributed by atoms with van der Waals surface area (Å²) in [6, 6.07) is 11.3. The van der Waals surface area contributed by atoms with Crippen molar-refractivity contribution in [1.82, 2.24) is 14.5 Å². The topological polar surface area (TPSA) is 66.2 Å². The van der Waals surface area contributed by atoms with Gasteiger partial charge in [0.05, 0.1) is 36.0 Å². The second-order valence-corrected chi connectivity index (χ2v) is 6.54. The van der Waals surface area contributed by atoms with Gasteiger partial charge in [-0.15, -0.1) is 0 Å². The van der Waals surface area contributed by atoms with Gasteiger partial charge in [-0.2, -0.15) is 0 Å². The molecule has 0 unspecified atom stereocenters. The van der Waals surface area contributed by atoms with Crippen molar-refractivity contribution in [2.24, 2.45) is 0 Å². The lowest BCUT2D eigenvalue weighted by Gasteiger charge is -2.11. The normalized spacial score (nSPS) is 10.9. The van der Waals surface area contributed by atoms with E-state index in [0.29, 0.717) is 34.6 Å². The Hall–Kier alpha value is -3.45. The molecule has 0 bridgehead atoms. The molecule has 2 aromatic heterocycles. The Morgan fingerprint density at radius 1 is 1.10 bits per heavy atom. The molecule has 0 aliphatic heterocycles.